The highest BCUT2D eigenvalue weighted by atomic mass is 16.5. The molecule has 3 rings (SSSR count). The van der Waals surface area contributed by atoms with Crippen LogP contribution in [0.15, 0.2) is 48.5 Å². The Balaban J connectivity index is 1.93. The van der Waals surface area contributed by atoms with Crippen molar-refractivity contribution in [2.45, 2.75) is 46.6 Å². The summed E-state index contributed by atoms with van der Waals surface area (Å²) in [5.41, 5.74) is 1.21. The lowest BCUT2D eigenvalue weighted by Crippen LogP contribution is -2.55. The second-order valence-electron chi connectivity index (χ2n) is 9.40. The zero-order valence-electron chi connectivity index (χ0n) is 19.7. The third-order valence-electron chi connectivity index (χ3n) is 5.71. The summed E-state index contributed by atoms with van der Waals surface area (Å²) in [5, 5.41) is 2.71. The fraction of sp³-hybridized carbons (Fsp3) is 0.385. The van der Waals surface area contributed by atoms with Crippen LogP contribution in [0.1, 0.15) is 38.3 Å². The quantitative estimate of drug-likeness (QED) is 0.514. The van der Waals surface area contributed by atoms with Crippen molar-refractivity contribution in [3.05, 3.63) is 59.7 Å². The zero-order chi connectivity index (χ0) is 24.3. The lowest BCUT2D eigenvalue weighted by molar-refractivity contribution is -0.153. The number of hydrogen-bond acceptors (Lipinski definition) is 5. The van der Waals surface area contributed by atoms with Gasteiger partial charge in [0.2, 0.25) is 11.8 Å². The summed E-state index contributed by atoms with van der Waals surface area (Å²) in [6.45, 7) is 6.84. The van der Waals surface area contributed by atoms with Crippen LogP contribution in [0.2, 0.25) is 0 Å². The van der Waals surface area contributed by atoms with Crippen LogP contribution >= 0.6 is 0 Å². The number of hydrogen-bond donors (Lipinski definition) is 1. The van der Waals surface area contributed by atoms with Crippen molar-refractivity contribution >= 4 is 29.2 Å². The smallest absolute Gasteiger partial charge is 0.255 e. The van der Waals surface area contributed by atoms with E-state index in [1.807, 2.05) is 43.3 Å². The Morgan fingerprint density at radius 3 is 2.39 bits per heavy atom. The standard InChI is InChI=1S/C26H30N2O5/c1-16-11-12-20(33-5)19(13-16)27-24(31)22(23(30)26(2,3)4)28-21(29)15-18(25(28)32)14-17-9-7-6-8-10-17/h6-13,18,22H,14-15H2,1-5H3,(H,27,31). The number of benzene rings is 2. The fourth-order valence-corrected chi connectivity index (χ4v) is 3.93. The number of methoxy groups -OCH3 is 1. The number of ketones is 1. The zero-order valence-corrected chi connectivity index (χ0v) is 19.7. The van der Waals surface area contributed by atoms with Gasteiger partial charge in [-0.2, -0.15) is 0 Å². The minimum absolute atomic E-state index is 0.0390. The number of nitrogens with one attached hydrogen (secondary N) is 1. The maximum atomic E-state index is 13.4. The summed E-state index contributed by atoms with van der Waals surface area (Å²) in [7, 11) is 1.47. The number of carbonyl (C=O) groups excluding carboxylic acids is 4. The lowest BCUT2D eigenvalue weighted by Gasteiger charge is -2.30. The first-order chi connectivity index (χ1) is 15.5. The predicted molar refractivity (Wildman–Crippen MR) is 125 cm³/mol. The minimum Gasteiger partial charge on any atom is -0.495 e. The number of anilines is 1. The van der Waals surface area contributed by atoms with Crippen LogP contribution in [-0.2, 0) is 25.6 Å². The molecule has 1 aliphatic rings. The summed E-state index contributed by atoms with van der Waals surface area (Å²) in [4.78, 5) is 53.8. The van der Waals surface area contributed by atoms with Gasteiger partial charge in [-0.25, -0.2) is 0 Å². The molecule has 0 aliphatic carbocycles. The normalized spacial score (nSPS) is 17.1. The maximum Gasteiger partial charge on any atom is 0.255 e. The minimum atomic E-state index is -1.56. The number of aryl methyl sites for hydroxylation is 1. The lowest BCUT2D eigenvalue weighted by atomic mass is 9.85. The molecule has 7 heteroatoms. The molecule has 1 N–H and O–H groups in total. The highest BCUT2D eigenvalue weighted by molar-refractivity contribution is 6.19. The number of nitrogens with zero attached hydrogens (tertiary/aromatic N) is 1. The van der Waals surface area contributed by atoms with E-state index in [9.17, 15) is 19.2 Å². The first kappa shape index (κ1) is 24.2. The van der Waals surface area contributed by atoms with Crippen molar-refractivity contribution in [2.75, 3.05) is 12.4 Å². The van der Waals surface area contributed by atoms with Gasteiger partial charge >= 0.3 is 0 Å². The van der Waals surface area contributed by atoms with E-state index in [1.165, 1.54) is 7.11 Å². The molecule has 2 aromatic carbocycles. The molecule has 0 radical (unpaired) electrons. The molecular formula is C26H30N2O5. The summed E-state index contributed by atoms with van der Waals surface area (Å²) in [6, 6.07) is 13.0. The van der Waals surface area contributed by atoms with Crippen molar-refractivity contribution in [3.8, 4) is 5.75 Å². The van der Waals surface area contributed by atoms with Gasteiger partial charge in [0, 0.05) is 11.8 Å². The Hall–Kier alpha value is -3.48. The summed E-state index contributed by atoms with van der Waals surface area (Å²) in [6.07, 6.45) is 0.328. The van der Waals surface area contributed by atoms with Crippen LogP contribution in [0.4, 0.5) is 5.69 Å². The number of carbonyl (C=O) groups is 4. The summed E-state index contributed by atoms with van der Waals surface area (Å²) >= 11 is 0. The number of likely N-dealkylation sites (tertiary alicyclic amines) is 1. The highest BCUT2D eigenvalue weighted by Crippen LogP contribution is 2.31. The molecular weight excluding hydrogens is 420 g/mol. The Bertz CT molecular complexity index is 1070. The van der Waals surface area contributed by atoms with Gasteiger partial charge in [0.05, 0.1) is 18.7 Å². The summed E-state index contributed by atoms with van der Waals surface area (Å²) < 4.78 is 5.31. The SMILES string of the molecule is COc1ccc(C)cc1NC(=O)C(C(=O)C(C)(C)C)N1C(=O)CC(Cc2ccccc2)C1=O. The number of Topliss-reactive ketones (excluding diaryl/α,β-unsaturated/α-hetero) is 1. The molecule has 1 saturated heterocycles. The highest BCUT2D eigenvalue weighted by Gasteiger charge is 2.49. The fourth-order valence-electron chi connectivity index (χ4n) is 3.93. The van der Waals surface area contributed by atoms with Crippen molar-refractivity contribution < 1.29 is 23.9 Å². The molecule has 3 amide bonds. The monoisotopic (exact) mass is 450 g/mol. The van der Waals surface area contributed by atoms with Crippen LogP contribution < -0.4 is 10.1 Å². The largest absolute Gasteiger partial charge is 0.495 e. The molecule has 1 aliphatic heterocycles. The Morgan fingerprint density at radius 2 is 1.79 bits per heavy atom. The van der Waals surface area contributed by atoms with E-state index in [4.69, 9.17) is 4.74 Å². The average molecular weight is 451 g/mol. The van der Waals surface area contributed by atoms with Crippen LogP contribution in [-0.4, -0.2) is 41.6 Å². The number of imide groups is 1. The molecule has 2 aromatic rings. The van der Waals surface area contributed by atoms with E-state index < -0.39 is 40.9 Å². The van der Waals surface area contributed by atoms with Crippen LogP contribution in [0.5, 0.6) is 5.75 Å². The van der Waals surface area contributed by atoms with E-state index in [-0.39, 0.29) is 6.42 Å². The van der Waals surface area contributed by atoms with Gasteiger partial charge in [-0.05, 0) is 36.6 Å². The Kier molecular flexibility index (Phi) is 7.01. The molecule has 0 saturated carbocycles. The molecule has 7 nitrogen and oxygen atoms in total. The van der Waals surface area contributed by atoms with Gasteiger partial charge in [-0.3, -0.25) is 24.1 Å². The van der Waals surface area contributed by atoms with Crippen molar-refractivity contribution in [2.24, 2.45) is 11.3 Å². The van der Waals surface area contributed by atoms with E-state index >= 15 is 0 Å². The maximum absolute atomic E-state index is 13.4. The van der Waals surface area contributed by atoms with Gasteiger partial charge in [0.25, 0.3) is 5.91 Å². The van der Waals surface area contributed by atoms with E-state index in [2.05, 4.69) is 5.32 Å². The van der Waals surface area contributed by atoms with Crippen molar-refractivity contribution in [3.63, 3.8) is 0 Å². The molecule has 33 heavy (non-hydrogen) atoms. The topological polar surface area (TPSA) is 92.8 Å². The molecule has 2 atom stereocenters. The second-order valence-corrected chi connectivity index (χ2v) is 9.40. The first-order valence-corrected chi connectivity index (χ1v) is 10.9. The van der Waals surface area contributed by atoms with Crippen LogP contribution in [0.25, 0.3) is 0 Å². The van der Waals surface area contributed by atoms with Gasteiger partial charge in [0.15, 0.2) is 11.8 Å². The molecule has 0 bridgehead atoms. The predicted octanol–water partition coefficient (Wildman–Crippen LogP) is 3.54. The van der Waals surface area contributed by atoms with E-state index in [0.717, 1.165) is 16.0 Å². The molecule has 0 spiro atoms. The van der Waals surface area contributed by atoms with Gasteiger partial charge < -0.3 is 10.1 Å². The Morgan fingerprint density at radius 1 is 1.12 bits per heavy atom. The van der Waals surface area contributed by atoms with Crippen molar-refractivity contribution in [1.29, 1.82) is 0 Å². The third kappa shape index (κ3) is 5.30. The molecule has 1 fully saturated rings. The first-order valence-electron chi connectivity index (χ1n) is 10.9. The van der Waals surface area contributed by atoms with E-state index in [1.54, 1.807) is 32.9 Å². The number of rotatable bonds is 7. The van der Waals surface area contributed by atoms with Crippen LogP contribution in [0.3, 0.4) is 0 Å². The van der Waals surface area contributed by atoms with Gasteiger partial charge in [0.1, 0.15) is 5.75 Å². The second kappa shape index (κ2) is 9.57. The molecule has 1 heterocycles. The number of ether oxygens (including phenoxy) is 1. The molecule has 174 valence electrons. The van der Waals surface area contributed by atoms with Gasteiger partial charge in [-0.1, -0.05) is 57.2 Å². The number of amides is 3. The average Bonchev–Trinajstić information content (AvgIpc) is 3.02. The summed E-state index contributed by atoms with van der Waals surface area (Å²) in [5.74, 6) is -2.46. The third-order valence-corrected chi connectivity index (χ3v) is 5.71. The van der Waals surface area contributed by atoms with E-state index in [0.29, 0.717) is 17.9 Å². The molecule has 2 unspecified atom stereocenters. The molecule has 0 aromatic heterocycles. The van der Waals surface area contributed by atoms with Gasteiger partial charge in [-0.15, -0.1) is 0 Å². The Labute approximate surface area is 194 Å². The van der Waals surface area contributed by atoms with Crippen LogP contribution in [0, 0.1) is 18.3 Å². The van der Waals surface area contributed by atoms with Crippen molar-refractivity contribution in [1.82, 2.24) is 4.90 Å².